The van der Waals surface area contributed by atoms with Gasteiger partial charge in [0.2, 0.25) is 0 Å². The van der Waals surface area contributed by atoms with Crippen LogP contribution in [0.1, 0.15) is 12.5 Å². The van der Waals surface area contributed by atoms with Crippen LogP contribution in [0.5, 0.6) is 0 Å². The summed E-state index contributed by atoms with van der Waals surface area (Å²) >= 11 is 1.21. The average Bonchev–Trinajstić information content (AvgIpc) is 2.50. The molecule has 0 saturated heterocycles. The van der Waals surface area contributed by atoms with Crippen LogP contribution in [0.2, 0.25) is 0 Å². The first-order valence-corrected chi connectivity index (χ1v) is 4.20. The van der Waals surface area contributed by atoms with Gasteiger partial charge < -0.3 is 0 Å². The van der Waals surface area contributed by atoms with E-state index in [0.717, 1.165) is 17.6 Å². The minimum Gasteiger partial charge on any atom is -0.234 e. The van der Waals surface area contributed by atoms with Gasteiger partial charge in [0.15, 0.2) is 5.65 Å². The van der Waals surface area contributed by atoms with E-state index in [4.69, 9.17) is 0 Å². The van der Waals surface area contributed by atoms with Gasteiger partial charge in [0.25, 0.3) is 0 Å². The number of hydrogen-bond acceptors (Lipinski definition) is 4. The molecular weight excluding hydrogens is 158 g/mol. The zero-order valence-electron chi connectivity index (χ0n) is 6.11. The maximum atomic E-state index is 4.15. The Bertz CT molecular complexity index is 368. The van der Waals surface area contributed by atoms with E-state index in [9.17, 15) is 0 Å². The summed E-state index contributed by atoms with van der Waals surface area (Å²) in [6, 6.07) is 2.03. The summed E-state index contributed by atoms with van der Waals surface area (Å²) < 4.78 is 8.11. The van der Waals surface area contributed by atoms with Gasteiger partial charge in [0.1, 0.15) is 5.52 Å². The van der Waals surface area contributed by atoms with Gasteiger partial charge in [-0.3, -0.25) is 0 Å². The lowest BCUT2D eigenvalue weighted by molar-refractivity contribution is 1.12. The molecule has 0 aromatic carbocycles. The first-order valence-electron chi connectivity index (χ1n) is 3.47. The van der Waals surface area contributed by atoms with Gasteiger partial charge in [-0.1, -0.05) is 6.92 Å². The van der Waals surface area contributed by atoms with Crippen molar-refractivity contribution in [2.24, 2.45) is 0 Å². The summed E-state index contributed by atoms with van der Waals surface area (Å²) in [6.07, 6.45) is 2.85. The van der Waals surface area contributed by atoms with Crippen LogP contribution in [0.3, 0.4) is 0 Å². The van der Waals surface area contributed by atoms with Crippen molar-refractivity contribution < 1.29 is 0 Å². The minimum absolute atomic E-state index is 0.757. The summed E-state index contributed by atoms with van der Waals surface area (Å²) in [5, 5.41) is 0. The lowest BCUT2D eigenvalue weighted by Crippen LogP contribution is -1.82. The van der Waals surface area contributed by atoms with Crippen molar-refractivity contribution in [3.63, 3.8) is 0 Å². The maximum absolute atomic E-state index is 4.15. The van der Waals surface area contributed by atoms with Crippen molar-refractivity contribution in [3.05, 3.63) is 17.8 Å². The Kier molecular flexibility index (Phi) is 1.54. The van der Waals surface area contributed by atoms with Crippen LogP contribution in [-0.2, 0) is 6.42 Å². The van der Waals surface area contributed by atoms with Crippen LogP contribution < -0.4 is 0 Å². The third kappa shape index (κ3) is 1.09. The molecule has 0 aliphatic heterocycles. The fourth-order valence-corrected chi connectivity index (χ4v) is 1.40. The van der Waals surface area contributed by atoms with E-state index in [1.165, 1.54) is 17.3 Å². The lowest BCUT2D eigenvalue weighted by Gasteiger charge is -1.91. The van der Waals surface area contributed by atoms with Crippen LogP contribution in [0.15, 0.2) is 12.3 Å². The van der Waals surface area contributed by atoms with E-state index in [0.29, 0.717) is 0 Å². The number of nitrogens with zero attached hydrogens (tertiary/aromatic N) is 3. The monoisotopic (exact) mass is 165 g/mol. The summed E-state index contributed by atoms with van der Waals surface area (Å²) in [5.74, 6) is 0. The number of rotatable bonds is 1. The van der Waals surface area contributed by atoms with E-state index in [1.54, 1.807) is 0 Å². The van der Waals surface area contributed by atoms with Crippen molar-refractivity contribution >= 4 is 22.9 Å². The van der Waals surface area contributed by atoms with Gasteiger partial charge in [0.05, 0.1) is 11.7 Å². The molecule has 0 fully saturated rings. The molecule has 0 aliphatic rings. The van der Waals surface area contributed by atoms with Gasteiger partial charge in [-0.2, -0.15) is 8.75 Å². The molecule has 0 N–H and O–H groups in total. The van der Waals surface area contributed by atoms with E-state index in [1.807, 2.05) is 12.3 Å². The van der Waals surface area contributed by atoms with Crippen LogP contribution in [0.25, 0.3) is 11.2 Å². The topological polar surface area (TPSA) is 38.7 Å². The molecule has 0 saturated carbocycles. The molecule has 0 bridgehead atoms. The normalized spacial score (nSPS) is 10.6. The smallest absolute Gasteiger partial charge is 0.193 e. The molecule has 0 aliphatic carbocycles. The standard InChI is InChI=1S/C7H7N3S/c1-2-5-3-6-7(8-4-5)10-11-9-6/h3-4H,2H2,1H3. The fraction of sp³-hybridized carbons (Fsp3) is 0.286. The van der Waals surface area contributed by atoms with Gasteiger partial charge in [0, 0.05) is 6.20 Å². The van der Waals surface area contributed by atoms with Crippen LogP contribution in [-0.4, -0.2) is 13.7 Å². The summed E-state index contributed by atoms with van der Waals surface area (Å²) in [4.78, 5) is 4.15. The van der Waals surface area contributed by atoms with Crippen molar-refractivity contribution in [1.29, 1.82) is 0 Å². The number of aryl methyl sites for hydroxylation is 1. The highest BCUT2D eigenvalue weighted by Gasteiger charge is 1.98. The van der Waals surface area contributed by atoms with E-state index in [2.05, 4.69) is 20.7 Å². The molecule has 0 atom stereocenters. The summed E-state index contributed by atoms with van der Waals surface area (Å²) in [5.41, 5.74) is 2.88. The van der Waals surface area contributed by atoms with Crippen molar-refractivity contribution in [2.75, 3.05) is 0 Å². The Balaban J connectivity index is 2.67. The Morgan fingerprint density at radius 1 is 1.45 bits per heavy atom. The molecular formula is C7H7N3S. The molecule has 3 nitrogen and oxygen atoms in total. The molecule has 56 valence electrons. The maximum Gasteiger partial charge on any atom is 0.193 e. The fourth-order valence-electron chi connectivity index (χ4n) is 0.922. The van der Waals surface area contributed by atoms with Gasteiger partial charge >= 0.3 is 0 Å². The molecule has 0 unspecified atom stereocenters. The third-order valence-electron chi connectivity index (χ3n) is 1.58. The van der Waals surface area contributed by atoms with E-state index < -0.39 is 0 Å². The second kappa shape index (κ2) is 2.54. The highest BCUT2D eigenvalue weighted by Crippen LogP contribution is 2.10. The van der Waals surface area contributed by atoms with Gasteiger partial charge in [-0.05, 0) is 18.1 Å². The van der Waals surface area contributed by atoms with Crippen LogP contribution in [0, 0.1) is 0 Å². The number of fused-ring (bicyclic) bond motifs is 1. The van der Waals surface area contributed by atoms with Crippen LogP contribution in [0.4, 0.5) is 0 Å². The summed E-state index contributed by atoms with van der Waals surface area (Å²) in [6.45, 7) is 2.10. The third-order valence-corrected chi connectivity index (χ3v) is 2.11. The Hall–Kier alpha value is -1.03. The lowest BCUT2D eigenvalue weighted by atomic mass is 10.2. The molecule has 2 aromatic rings. The molecule has 2 aromatic heterocycles. The van der Waals surface area contributed by atoms with Crippen molar-refractivity contribution in [3.8, 4) is 0 Å². The Morgan fingerprint density at radius 3 is 3.18 bits per heavy atom. The number of pyridine rings is 1. The Labute approximate surface area is 68.4 Å². The largest absolute Gasteiger partial charge is 0.234 e. The van der Waals surface area contributed by atoms with E-state index in [-0.39, 0.29) is 0 Å². The molecule has 0 spiro atoms. The zero-order chi connectivity index (χ0) is 7.68. The molecule has 11 heavy (non-hydrogen) atoms. The predicted octanol–water partition coefficient (Wildman–Crippen LogP) is 1.65. The molecule has 4 heteroatoms. The highest BCUT2D eigenvalue weighted by atomic mass is 32.1. The van der Waals surface area contributed by atoms with Crippen LogP contribution >= 0.6 is 11.7 Å². The van der Waals surface area contributed by atoms with E-state index >= 15 is 0 Å². The number of aromatic nitrogens is 3. The second-order valence-electron chi connectivity index (χ2n) is 2.30. The molecule has 0 radical (unpaired) electrons. The quantitative estimate of drug-likeness (QED) is 0.645. The average molecular weight is 165 g/mol. The first-order chi connectivity index (χ1) is 5.40. The summed E-state index contributed by atoms with van der Waals surface area (Å²) in [7, 11) is 0. The Morgan fingerprint density at radius 2 is 2.36 bits per heavy atom. The predicted molar refractivity (Wildman–Crippen MR) is 44.6 cm³/mol. The minimum atomic E-state index is 0.757. The van der Waals surface area contributed by atoms with Gasteiger partial charge in [-0.25, -0.2) is 4.98 Å². The molecule has 0 amide bonds. The van der Waals surface area contributed by atoms with Gasteiger partial charge in [-0.15, -0.1) is 0 Å². The molecule has 2 rings (SSSR count). The first kappa shape index (κ1) is 6.67. The highest BCUT2D eigenvalue weighted by molar-refractivity contribution is 7.00. The SMILES string of the molecule is CCc1cnc2nsnc2c1. The molecule has 2 heterocycles. The number of hydrogen-bond donors (Lipinski definition) is 0. The van der Waals surface area contributed by atoms with Crippen molar-refractivity contribution in [1.82, 2.24) is 13.7 Å². The van der Waals surface area contributed by atoms with Crippen molar-refractivity contribution in [2.45, 2.75) is 13.3 Å². The zero-order valence-corrected chi connectivity index (χ0v) is 6.93. The second-order valence-corrected chi connectivity index (χ2v) is 2.83.